The quantitative estimate of drug-likeness (QED) is 0.515. The summed E-state index contributed by atoms with van der Waals surface area (Å²) < 4.78 is 15.0. The van der Waals surface area contributed by atoms with Gasteiger partial charge < -0.3 is 0 Å². The molecule has 4 aliphatic carbocycles. The van der Waals surface area contributed by atoms with Crippen molar-refractivity contribution in [2.75, 3.05) is 0 Å². The monoisotopic (exact) mass is 328 g/mol. The molecule has 0 heterocycles. The van der Waals surface area contributed by atoms with E-state index in [-0.39, 0.29) is 34.3 Å². The number of carbonyl (C=O) groups excluding carboxylic acids is 2. The van der Waals surface area contributed by atoms with Gasteiger partial charge in [-0.3, -0.25) is 4.79 Å². The van der Waals surface area contributed by atoms with Crippen LogP contribution < -0.4 is 0 Å². The van der Waals surface area contributed by atoms with Gasteiger partial charge in [0.05, 0.1) is 0 Å². The molecule has 0 radical (unpaired) electrons. The SMILES string of the molecule is C[C@]12CCC(=O)CC1=C(F)C[C@@H]1C2=CC[C@]2(C)[C@H](C=C=O)CC[C@@H]12. The number of allylic oxidation sites excluding steroid dienone is 5. The zero-order valence-electron chi connectivity index (χ0n) is 14.5. The Morgan fingerprint density at radius 2 is 2.12 bits per heavy atom. The highest BCUT2D eigenvalue weighted by molar-refractivity contribution is 5.83. The molecule has 0 aliphatic heterocycles. The second kappa shape index (κ2) is 5.26. The number of Topliss-reactive ketones (excluding diaryl/α,β-unsaturated/α-hetero) is 1. The first kappa shape index (κ1) is 16.0. The molecule has 0 spiro atoms. The number of halogens is 1. The van der Waals surface area contributed by atoms with Gasteiger partial charge in [-0.15, -0.1) is 0 Å². The molecule has 0 aromatic heterocycles. The zero-order chi connectivity index (χ0) is 17.1. The van der Waals surface area contributed by atoms with Gasteiger partial charge in [0.25, 0.3) is 0 Å². The van der Waals surface area contributed by atoms with E-state index < -0.39 is 0 Å². The molecule has 2 nitrogen and oxygen atoms in total. The molecule has 0 N–H and O–H groups in total. The third-order valence-corrected chi connectivity index (χ3v) is 7.71. The van der Waals surface area contributed by atoms with Gasteiger partial charge in [-0.25, -0.2) is 9.18 Å². The number of fused-ring (bicyclic) bond motifs is 5. The van der Waals surface area contributed by atoms with Crippen LogP contribution in [0.2, 0.25) is 0 Å². The molecule has 24 heavy (non-hydrogen) atoms. The Hall–Kier alpha value is -1.47. The Labute approximate surface area is 142 Å². The molecule has 4 aliphatic rings. The zero-order valence-corrected chi connectivity index (χ0v) is 14.5. The molecule has 0 saturated heterocycles. The summed E-state index contributed by atoms with van der Waals surface area (Å²) in [4.78, 5) is 22.7. The van der Waals surface area contributed by atoms with Gasteiger partial charge >= 0.3 is 0 Å². The Morgan fingerprint density at radius 1 is 1.33 bits per heavy atom. The van der Waals surface area contributed by atoms with Crippen LogP contribution in [0.25, 0.3) is 0 Å². The number of hydrogen-bond acceptors (Lipinski definition) is 2. The van der Waals surface area contributed by atoms with Gasteiger partial charge in [-0.2, -0.15) is 0 Å². The average molecular weight is 328 g/mol. The van der Waals surface area contributed by atoms with E-state index in [1.807, 2.05) is 5.94 Å². The third-order valence-electron chi connectivity index (χ3n) is 7.71. The van der Waals surface area contributed by atoms with E-state index in [0.29, 0.717) is 25.2 Å². The van der Waals surface area contributed by atoms with Crippen molar-refractivity contribution in [1.29, 1.82) is 0 Å². The molecular weight excluding hydrogens is 303 g/mol. The molecule has 0 unspecified atom stereocenters. The topological polar surface area (TPSA) is 34.1 Å². The van der Waals surface area contributed by atoms with Gasteiger partial charge in [0, 0.05) is 30.8 Å². The highest BCUT2D eigenvalue weighted by Gasteiger charge is 2.56. The largest absolute Gasteiger partial charge is 0.299 e. The molecule has 0 bridgehead atoms. The summed E-state index contributed by atoms with van der Waals surface area (Å²) >= 11 is 0. The van der Waals surface area contributed by atoms with Crippen LogP contribution in [0.15, 0.2) is 29.1 Å². The molecule has 5 atom stereocenters. The van der Waals surface area contributed by atoms with E-state index in [0.717, 1.165) is 31.3 Å². The summed E-state index contributed by atoms with van der Waals surface area (Å²) in [6.07, 6.45) is 9.09. The lowest BCUT2D eigenvalue weighted by atomic mass is 9.51. The van der Waals surface area contributed by atoms with Crippen LogP contribution in [0.1, 0.15) is 58.8 Å². The average Bonchev–Trinajstić information content (AvgIpc) is 2.87. The van der Waals surface area contributed by atoms with Crippen LogP contribution in [0.5, 0.6) is 0 Å². The highest BCUT2D eigenvalue weighted by atomic mass is 19.1. The second-order valence-electron chi connectivity index (χ2n) is 8.69. The molecule has 0 aromatic carbocycles. The minimum absolute atomic E-state index is 0.0358. The molecule has 2 saturated carbocycles. The number of hydrogen-bond donors (Lipinski definition) is 0. The summed E-state index contributed by atoms with van der Waals surface area (Å²) in [6, 6.07) is 0. The van der Waals surface area contributed by atoms with Gasteiger partial charge in [0.15, 0.2) is 0 Å². The van der Waals surface area contributed by atoms with Crippen molar-refractivity contribution in [3.8, 4) is 0 Å². The molecule has 128 valence electrons. The maximum Gasteiger partial charge on any atom is 0.137 e. The molecular formula is C21H25FO2. The summed E-state index contributed by atoms with van der Waals surface area (Å²) in [7, 11) is 0. The molecule has 2 fully saturated rings. The van der Waals surface area contributed by atoms with Crippen LogP contribution in [0, 0.1) is 28.6 Å². The van der Waals surface area contributed by atoms with Crippen molar-refractivity contribution in [3.63, 3.8) is 0 Å². The van der Waals surface area contributed by atoms with Crippen molar-refractivity contribution in [3.05, 3.63) is 29.1 Å². The normalized spacial score (nSPS) is 44.2. The maximum atomic E-state index is 15.0. The van der Waals surface area contributed by atoms with Crippen LogP contribution in [-0.4, -0.2) is 11.7 Å². The van der Waals surface area contributed by atoms with Crippen molar-refractivity contribution >= 4 is 11.7 Å². The minimum atomic E-state index is -0.263. The molecule has 0 amide bonds. The number of carbonyl (C=O) groups is 1. The minimum Gasteiger partial charge on any atom is -0.299 e. The second-order valence-corrected chi connectivity index (χ2v) is 8.69. The Bertz CT molecular complexity index is 711. The van der Waals surface area contributed by atoms with Gasteiger partial charge in [-0.1, -0.05) is 25.5 Å². The van der Waals surface area contributed by atoms with Crippen LogP contribution in [-0.2, 0) is 9.59 Å². The highest BCUT2D eigenvalue weighted by Crippen LogP contribution is 2.65. The van der Waals surface area contributed by atoms with Crippen molar-refractivity contribution < 1.29 is 14.0 Å². The third kappa shape index (κ3) is 2.00. The van der Waals surface area contributed by atoms with E-state index >= 15 is 0 Å². The van der Waals surface area contributed by atoms with Crippen LogP contribution in [0.3, 0.4) is 0 Å². The van der Waals surface area contributed by atoms with E-state index in [4.69, 9.17) is 0 Å². The fraction of sp³-hybridized carbons (Fsp3) is 0.667. The van der Waals surface area contributed by atoms with Gasteiger partial charge in [0.1, 0.15) is 17.6 Å². The standard InChI is InChI=1S/C21H25FO2/c1-20-9-6-17-15(16(20)4-3-13(20)7-10-23)12-19(22)18-11-14(24)5-8-21(17,18)2/h6-7,13,15-16H,3-5,8-9,11-12H2,1-2H3/t13-,15-,16-,20+,21+/m0/s1. The van der Waals surface area contributed by atoms with Crippen LogP contribution in [0.4, 0.5) is 4.39 Å². The predicted octanol–water partition coefficient (Wildman–Crippen LogP) is 4.74. The van der Waals surface area contributed by atoms with Gasteiger partial charge in [-0.05, 0) is 54.4 Å². The predicted molar refractivity (Wildman–Crippen MR) is 90.5 cm³/mol. The first-order valence-electron chi connectivity index (χ1n) is 9.21. The summed E-state index contributed by atoms with van der Waals surface area (Å²) in [5, 5.41) is 0. The number of ketones is 1. The van der Waals surface area contributed by atoms with E-state index in [1.54, 1.807) is 6.08 Å². The Balaban J connectivity index is 1.77. The molecule has 4 rings (SSSR count). The maximum absolute atomic E-state index is 15.0. The lowest BCUT2D eigenvalue weighted by Crippen LogP contribution is -2.44. The van der Waals surface area contributed by atoms with E-state index in [9.17, 15) is 14.0 Å². The summed E-state index contributed by atoms with van der Waals surface area (Å²) in [5.41, 5.74) is 1.92. The smallest absolute Gasteiger partial charge is 0.137 e. The van der Waals surface area contributed by atoms with Crippen molar-refractivity contribution in [2.24, 2.45) is 28.6 Å². The molecule has 3 heteroatoms. The first-order valence-corrected chi connectivity index (χ1v) is 9.21. The lowest BCUT2D eigenvalue weighted by molar-refractivity contribution is -0.120. The lowest BCUT2D eigenvalue weighted by Gasteiger charge is -2.52. The van der Waals surface area contributed by atoms with Gasteiger partial charge in [0.2, 0.25) is 0 Å². The summed E-state index contributed by atoms with van der Waals surface area (Å²) in [6.45, 7) is 4.41. The number of rotatable bonds is 1. The van der Waals surface area contributed by atoms with Crippen molar-refractivity contribution in [1.82, 2.24) is 0 Å². The van der Waals surface area contributed by atoms with Crippen LogP contribution >= 0.6 is 0 Å². The molecule has 0 aromatic rings. The fourth-order valence-corrected chi connectivity index (χ4v) is 6.25. The Kier molecular flexibility index (Phi) is 3.51. The fourth-order valence-electron chi connectivity index (χ4n) is 6.25. The summed E-state index contributed by atoms with van der Waals surface area (Å²) in [5.74, 6) is 3.04. The van der Waals surface area contributed by atoms with E-state index in [2.05, 4.69) is 19.9 Å². The Morgan fingerprint density at radius 3 is 2.88 bits per heavy atom. The first-order chi connectivity index (χ1) is 11.4. The van der Waals surface area contributed by atoms with E-state index in [1.165, 1.54) is 5.57 Å². The van der Waals surface area contributed by atoms with Crippen molar-refractivity contribution in [2.45, 2.75) is 58.8 Å².